The zero-order valence-corrected chi connectivity index (χ0v) is 14.5. The van der Waals surface area contributed by atoms with E-state index in [-0.39, 0.29) is 6.42 Å². The zero-order chi connectivity index (χ0) is 17.3. The monoisotopic (exact) mass is 389 g/mol. The Bertz CT molecular complexity index is 890. The van der Waals surface area contributed by atoms with Crippen molar-refractivity contribution in [3.05, 3.63) is 52.8 Å². The summed E-state index contributed by atoms with van der Waals surface area (Å²) in [6, 6.07) is 10.2. The molecule has 2 aromatic heterocycles. The van der Waals surface area contributed by atoms with E-state index in [4.69, 9.17) is 15.6 Å². The molecular weight excluding hydrogens is 374 g/mol. The molecule has 2 heterocycles. The van der Waals surface area contributed by atoms with Crippen molar-refractivity contribution < 1.29 is 14.6 Å². The van der Waals surface area contributed by atoms with Crippen LogP contribution in [0.1, 0.15) is 5.69 Å². The molecule has 0 spiro atoms. The molecule has 1 atom stereocenters. The minimum Gasteiger partial charge on any atom is -0.497 e. The Hall–Kier alpha value is -2.38. The number of ether oxygens (including phenoxy) is 1. The zero-order valence-electron chi connectivity index (χ0n) is 12.9. The number of methoxy groups -OCH3 is 1. The number of nitrogens with zero attached hydrogens (tertiary/aromatic N) is 2. The lowest BCUT2D eigenvalue weighted by atomic mass is 10.1. The van der Waals surface area contributed by atoms with Crippen LogP contribution in [0.3, 0.4) is 0 Å². The van der Waals surface area contributed by atoms with Crippen LogP contribution in [-0.2, 0) is 11.2 Å². The Morgan fingerprint density at radius 1 is 1.33 bits per heavy atom. The minimum atomic E-state index is -1.04. The van der Waals surface area contributed by atoms with Gasteiger partial charge in [0.1, 0.15) is 17.4 Å². The van der Waals surface area contributed by atoms with Crippen LogP contribution in [0.25, 0.3) is 16.9 Å². The van der Waals surface area contributed by atoms with Crippen LogP contribution < -0.4 is 10.5 Å². The summed E-state index contributed by atoms with van der Waals surface area (Å²) in [5, 5.41) is 9.16. The first-order valence-corrected chi connectivity index (χ1v) is 8.08. The number of hydrogen-bond donors (Lipinski definition) is 2. The van der Waals surface area contributed by atoms with Crippen LogP contribution in [0, 0.1) is 0 Å². The predicted molar refractivity (Wildman–Crippen MR) is 94.2 cm³/mol. The van der Waals surface area contributed by atoms with Gasteiger partial charge in [-0.25, -0.2) is 4.98 Å². The Morgan fingerprint density at radius 2 is 2.04 bits per heavy atom. The molecule has 1 aromatic carbocycles. The Labute approximate surface area is 147 Å². The average Bonchev–Trinajstić information content (AvgIpc) is 2.92. The number of fused-ring (bicyclic) bond motifs is 1. The fourth-order valence-corrected chi connectivity index (χ4v) is 2.88. The SMILES string of the molecule is COc1ccc(-c2nc3ccc(Br)cn3c2CC(N)C(=O)O)cc1. The molecule has 0 aliphatic rings. The van der Waals surface area contributed by atoms with Crippen LogP contribution in [0.5, 0.6) is 5.75 Å². The molecule has 1 unspecified atom stereocenters. The summed E-state index contributed by atoms with van der Waals surface area (Å²) in [6.45, 7) is 0. The molecule has 0 aliphatic heterocycles. The van der Waals surface area contributed by atoms with Crippen molar-refractivity contribution in [3.8, 4) is 17.0 Å². The number of carbonyl (C=O) groups is 1. The van der Waals surface area contributed by atoms with Crippen LogP contribution in [0.2, 0.25) is 0 Å². The molecule has 24 heavy (non-hydrogen) atoms. The first kappa shape index (κ1) is 16.5. The lowest BCUT2D eigenvalue weighted by Gasteiger charge is -2.09. The molecule has 0 saturated heterocycles. The highest BCUT2D eigenvalue weighted by molar-refractivity contribution is 9.10. The Kier molecular flexibility index (Phi) is 4.55. The van der Waals surface area contributed by atoms with Crippen LogP contribution >= 0.6 is 15.9 Å². The predicted octanol–water partition coefficient (Wildman–Crippen LogP) is 2.73. The van der Waals surface area contributed by atoms with Crippen LogP contribution in [-0.4, -0.2) is 33.6 Å². The van der Waals surface area contributed by atoms with E-state index in [9.17, 15) is 4.79 Å². The van der Waals surface area contributed by atoms with Gasteiger partial charge in [0.15, 0.2) is 0 Å². The van der Waals surface area contributed by atoms with Gasteiger partial charge in [0.25, 0.3) is 0 Å². The third-order valence-corrected chi connectivity index (χ3v) is 4.24. The largest absolute Gasteiger partial charge is 0.497 e. The van der Waals surface area contributed by atoms with E-state index in [1.54, 1.807) is 7.11 Å². The van der Waals surface area contributed by atoms with E-state index < -0.39 is 12.0 Å². The van der Waals surface area contributed by atoms with E-state index >= 15 is 0 Å². The lowest BCUT2D eigenvalue weighted by Crippen LogP contribution is -2.32. The van der Waals surface area contributed by atoms with E-state index in [0.29, 0.717) is 5.69 Å². The van der Waals surface area contributed by atoms with Crippen molar-refractivity contribution in [1.29, 1.82) is 0 Å². The summed E-state index contributed by atoms with van der Waals surface area (Å²) in [4.78, 5) is 15.8. The number of nitrogens with two attached hydrogens (primary N) is 1. The standard InChI is InChI=1S/C17H16BrN3O3/c1-24-12-5-2-10(3-6-12)16-14(8-13(19)17(22)23)21-9-11(18)4-7-15(21)20-16/h2-7,9,13H,8,19H2,1H3,(H,22,23). The summed E-state index contributed by atoms with van der Waals surface area (Å²) in [7, 11) is 1.61. The van der Waals surface area contributed by atoms with Crippen molar-refractivity contribution in [1.82, 2.24) is 9.38 Å². The number of carboxylic acids is 1. The summed E-state index contributed by atoms with van der Waals surface area (Å²) < 4.78 is 7.92. The quantitative estimate of drug-likeness (QED) is 0.699. The Balaban J connectivity index is 2.15. The van der Waals surface area contributed by atoms with Gasteiger partial charge < -0.3 is 20.0 Å². The smallest absolute Gasteiger partial charge is 0.320 e. The van der Waals surface area contributed by atoms with Crippen molar-refractivity contribution in [2.45, 2.75) is 12.5 Å². The molecule has 0 radical (unpaired) electrons. The van der Waals surface area contributed by atoms with Gasteiger partial charge in [-0.2, -0.15) is 0 Å². The highest BCUT2D eigenvalue weighted by atomic mass is 79.9. The fourth-order valence-electron chi connectivity index (χ4n) is 2.54. The van der Waals surface area contributed by atoms with Gasteiger partial charge in [0.05, 0.1) is 18.5 Å². The first-order valence-electron chi connectivity index (χ1n) is 7.29. The highest BCUT2D eigenvalue weighted by Crippen LogP contribution is 2.28. The van der Waals surface area contributed by atoms with Gasteiger partial charge in [-0.05, 0) is 52.3 Å². The minimum absolute atomic E-state index is 0.175. The number of pyridine rings is 1. The maximum absolute atomic E-state index is 11.2. The number of imidazole rings is 1. The van der Waals surface area contributed by atoms with Crippen molar-refractivity contribution in [2.24, 2.45) is 5.73 Å². The van der Waals surface area contributed by atoms with Gasteiger partial charge in [0.2, 0.25) is 0 Å². The molecule has 0 amide bonds. The number of benzene rings is 1. The van der Waals surface area contributed by atoms with Gasteiger partial charge in [-0.3, -0.25) is 4.79 Å². The summed E-state index contributed by atoms with van der Waals surface area (Å²) >= 11 is 3.43. The number of hydrogen-bond acceptors (Lipinski definition) is 4. The molecule has 0 fully saturated rings. The number of aromatic nitrogens is 2. The van der Waals surface area contributed by atoms with Crippen molar-refractivity contribution in [2.75, 3.05) is 7.11 Å². The van der Waals surface area contributed by atoms with Crippen LogP contribution in [0.4, 0.5) is 0 Å². The highest BCUT2D eigenvalue weighted by Gasteiger charge is 2.20. The molecule has 6 nitrogen and oxygen atoms in total. The first-order chi connectivity index (χ1) is 11.5. The third-order valence-electron chi connectivity index (χ3n) is 3.78. The maximum atomic E-state index is 11.2. The fraction of sp³-hybridized carbons (Fsp3) is 0.176. The molecule has 124 valence electrons. The topological polar surface area (TPSA) is 89.9 Å². The maximum Gasteiger partial charge on any atom is 0.320 e. The number of rotatable bonds is 5. The second-order valence-electron chi connectivity index (χ2n) is 5.36. The Morgan fingerprint density at radius 3 is 2.67 bits per heavy atom. The second kappa shape index (κ2) is 6.62. The second-order valence-corrected chi connectivity index (χ2v) is 6.28. The molecule has 7 heteroatoms. The van der Waals surface area contributed by atoms with Gasteiger partial charge in [0, 0.05) is 22.7 Å². The molecule has 0 saturated carbocycles. The number of halogens is 1. The molecule has 3 aromatic rings. The van der Waals surface area contributed by atoms with Gasteiger partial charge >= 0.3 is 5.97 Å². The average molecular weight is 390 g/mol. The molecular formula is C17H16BrN3O3. The molecule has 3 rings (SSSR count). The van der Waals surface area contributed by atoms with E-state index in [0.717, 1.165) is 27.1 Å². The molecule has 3 N–H and O–H groups in total. The normalized spacial score (nSPS) is 12.3. The lowest BCUT2D eigenvalue weighted by molar-refractivity contribution is -0.138. The number of carboxylic acid groups (broad SMARTS) is 1. The third kappa shape index (κ3) is 3.13. The molecule has 0 aliphatic carbocycles. The summed E-state index contributed by atoms with van der Waals surface area (Å²) in [6.07, 6.45) is 2.04. The van der Waals surface area contributed by atoms with Crippen molar-refractivity contribution in [3.63, 3.8) is 0 Å². The number of aliphatic carboxylic acids is 1. The van der Waals surface area contributed by atoms with Gasteiger partial charge in [-0.1, -0.05) is 0 Å². The van der Waals surface area contributed by atoms with Gasteiger partial charge in [-0.15, -0.1) is 0 Å². The molecule has 0 bridgehead atoms. The summed E-state index contributed by atoms with van der Waals surface area (Å²) in [5.74, 6) is -0.297. The van der Waals surface area contributed by atoms with Crippen molar-refractivity contribution >= 4 is 27.5 Å². The van der Waals surface area contributed by atoms with E-state index in [1.165, 1.54) is 0 Å². The summed E-state index contributed by atoms with van der Waals surface area (Å²) in [5.41, 5.74) is 8.84. The van der Waals surface area contributed by atoms with Crippen LogP contribution in [0.15, 0.2) is 47.1 Å². The van der Waals surface area contributed by atoms with E-state index in [2.05, 4.69) is 20.9 Å². The van der Waals surface area contributed by atoms with E-state index in [1.807, 2.05) is 47.0 Å².